The van der Waals surface area contributed by atoms with E-state index in [2.05, 4.69) is 0 Å². The van der Waals surface area contributed by atoms with Crippen LogP contribution >= 0.6 is 0 Å². The van der Waals surface area contributed by atoms with Crippen molar-refractivity contribution in [3.05, 3.63) is 30.1 Å². The van der Waals surface area contributed by atoms with Gasteiger partial charge in [-0.15, -0.1) is 0 Å². The van der Waals surface area contributed by atoms with Crippen LogP contribution in [0.5, 0.6) is 0 Å². The summed E-state index contributed by atoms with van der Waals surface area (Å²) >= 11 is 0. The first-order chi connectivity index (χ1) is 13.1. The monoisotopic (exact) mass is 433 g/mol. The first-order valence-electron chi connectivity index (χ1n) is 9.24. The van der Waals surface area contributed by atoms with E-state index in [4.69, 9.17) is 4.74 Å². The number of esters is 1. The lowest BCUT2D eigenvalue weighted by molar-refractivity contribution is -0.149. The van der Waals surface area contributed by atoms with E-state index in [1.165, 1.54) is 12.1 Å². The summed E-state index contributed by atoms with van der Waals surface area (Å²) < 4.78 is 68.8. The van der Waals surface area contributed by atoms with Crippen molar-refractivity contribution in [2.75, 3.05) is 31.2 Å². The number of rotatable bonds is 5. The average Bonchev–Trinajstić information content (AvgIpc) is 2.99. The highest BCUT2D eigenvalue weighted by molar-refractivity contribution is 7.96. The highest BCUT2D eigenvalue weighted by Gasteiger charge is 2.49. The highest BCUT2D eigenvalue weighted by Crippen LogP contribution is 2.31. The minimum absolute atomic E-state index is 0.0811. The largest absolute Gasteiger partial charge is 0.466 e. The summed E-state index contributed by atoms with van der Waals surface area (Å²) in [5.41, 5.74) is 0. The van der Waals surface area contributed by atoms with Gasteiger partial charge < -0.3 is 4.74 Å². The number of carbonyl (C=O) groups is 1. The molecule has 1 aromatic rings. The van der Waals surface area contributed by atoms with Gasteiger partial charge in [-0.1, -0.05) is 0 Å². The maximum absolute atomic E-state index is 13.2. The molecule has 0 aromatic heterocycles. The molecule has 156 valence electrons. The number of nitrogens with zero attached hydrogens (tertiary/aromatic N) is 1. The molecule has 2 fully saturated rings. The van der Waals surface area contributed by atoms with Crippen molar-refractivity contribution in [3.63, 3.8) is 0 Å². The Labute approximate surface area is 164 Å². The molecule has 0 bridgehead atoms. The van der Waals surface area contributed by atoms with Crippen LogP contribution in [0, 0.1) is 11.7 Å². The predicted molar refractivity (Wildman–Crippen MR) is 101 cm³/mol. The van der Waals surface area contributed by atoms with E-state index in [1.807, 2.05) is 4.90 Å². The van der Waals surface area contributed by atoms with Crippen LogP contribution in [-0.4, -0.2) is 70.2 Å². The highest BCUT2D eigenvalue weighted by atomic mass is 32.2. The number of hydrogen-bond acceptors (Lipinski definition) is 7. The van der Waals surface area contributed by atoms with Crippen LogP contribution in [0.15, 0.2) is 29.2 Å². The summed E-state index contributed by atoms with van der Waals surface area (Å²) in [6.07, 6.45) is 0.997. The summed E-state index contributed by atoms with van der Waals surface area (Å²) in [7, 11) is -7.46. The molecule has 2 unspecified atom stereocenters. The van der Waals surface area contributed by atoms with Gasteiger partial charge in [-0.25, -0.2) is 21.2 Å². The van der Waals surface area contributed by atoms with Gasteiger partial charge in [0.05, 0.1) is 34.2 Å². The number of hydrogen-bond donors (Lipinski definition) is 0. The SMILES string of the molecule is CCOC(=O)C1CCN(C2CS(=O)(=O)CC2S(=O)(=O)c2ccc(F)cc2)CC1. The molecule has 0 radical (unpaired) electrons. The van der Waals surface area contributed by atoms with Crippen LogP contribution in [0.4, 0.5) is 4.39 Å². The second-order valence-corrected chi connectivity index (χ2v) is 11.6. The van der Waals surface area contributed by atoms with Gasteiger partial charge >= 0.3 is 5.97 Å². The summed E-state index contributed by atoms with van der Waals surface area (Å²) in [5, 5.41) is -1.11. The molecule has 2 saturated heterocycles. The van der Waals surface area contributed by atoms with Gasteiger partial charge in [-0.3, -0.25) is 9.69 Å². The standard InChI is InChI=1S/C18H24FNO6S2/c1-2-26-18(21)13-7-9-20(10-8-13)16-11-27(22,23)12-17(16)28(24,25)15-5-3-14(19)4-6-15/h3-6,13,16-17H,2,7-12H2,1H3. The zero-order chi connectivity index (χ0) is 20.5. The minimum Gasteiger partial charge on any atom is -0.466 e. The van der Waals surface area contributed by atoms with Crippen molar-refractivity contribution in [1.82, 2.24) is 4.90 Å². The lowest BCUT2D eigenvalue weighted by atomic mass is 9.95. The Balaban J connectivity index is 1.80. The molecule has 1 aromatic carbocycles. The fraction of sp³-hybridized carbons (Fsp3) is 0.611. The Hall–Kier alpha value is -1.52. The van der Waals surface area contributed by atoms with E-state index < -0.39 is 42.5 Å². The van der Waals surface area contributed by atoms with Crippen molar-refractivity contribution < 1.29 is 30.8 Å². The van der Waals surface area contributed by atoms with Crippen molar-refractivity contribution in [2.24, 2.45) is 5.92 Å². The van der Waals surface area contributed by atoms with Crippen LogP contribution < -0.4 is 0 Å². The Kier molecular flexibility index (Phi) is 6.11. The molecule has 0 aliphatic carbocycles. The van der Waals surface area contributed by atoms with Crippen molar-refractivity contribution in [2.45, 2.75) is 36.0 Å². The molecule has 7 nitrogen and oxygen atoms in total. The Morgan fingerprint density at radius 1 is 1.18 bits per heavy atom. The fourth-order valence-electron chi connectivity index (χ4n) is 3.96. The van der Waals surface area contributed by atoms with E-state index in [0.29, 0.717) is 32.5 Å². The Bertz CT molecular complexity index is 921. The number of carbonyl (C=O) groups excluding carboxylic acids is 1. The van der Waals surface area contributed by atoms with Gasteiger partial charge in [-0.05, 0) is 57.1 Å². The second kappa shape index (κ2) is 8.08. The van der Waals surface area contributed by atoms with Gasteiger partial charge in [0.2, 0.25) is 0 Å². The Morgan fingerprint density at radius 3 is 2.36 bits per heavy atom. The molecule has 3 rings (SSSR count). The second-order valence-electron chi connectivity index (χ2n) is 7.24. The number of ether oxygens (including phenoxy) is 1. The van der Waals surface area contributed by atoms with Crippen molar-refractivity contribution in [3.8, 4) is 0 Å². The zero-order valence-corrected chi connectivity index (χ0v) is 17.2. The summed E-state index contributed by atoms with van der Waals surface area (Å²) in [6, 6.07) is 3.76. The van der Waals surface area contributed by atoms with Crippen molar-refractivity contribution >= 4 is 25.6 Å². The molecule has 0 spiro atoms. The number of likely N-dealkylation sites (tertiary alicyclic amines) is 1. The van der Waals surface area contributed by atoms with E-state index >= 15 is 0 Å². The van der Waals surface area contributed by atoms with Gasteiger partial charge in [0, 0.05) is 6.04 Å². The number of sulfone groups is 2. The third-order valence-corrected chi connectivity index (χ3v) is 9.57. The molecule has 28 heavy (non-hydrogen) atoms. The predicted octanol–water partition coefficient (Wildman–Crippen LogP) is 1.04. The lowest BCUT2D eigenvalue weighted by Crippen LogP contribution is -2.50. The topological polar surface area (TPSA) is 97.8 Å². The number of piperidine rings is 1. The van der Waals surface area contributed by atoms with E-state index in [-0.39, 0.29) is 22.5 Å². The molecule has 2 heterocycles. The fourth-order valence-corrected chi connectivity index (χ4v) is 8.79. The number of benzene rings is 1. The Morgan fingerprint density at radius 2 is 1.79 bits per heavy atom. The normalized spacial score (nSPS) is 26.2. The van der Waals surface area contributed by atoms with Gasteiger partial charge in [0.15, 0.2) is 19.7 Å². The number of halogens is 1. The van der Waals surface area contributed by atoms with Crippen molar-refractivity contribution in [1.29, 1.82) is 0 Å². The smallest absolute Gasteiger partial charge is 0.309 e. The quantitative estimate of drug-likeness (QED) is 0.505. The molecule has 0 N–H and O–H groups in total. The summed E-state index contributed by atoms with van der Waals surface area (Å²) in [6.45, 7) is 2.90. The third kappa shape index (κ3) is 4.38. The van der Waals surface area contributed by atoms with E-state index in [0.717, 1.165) is 12.1 Å². The molecule has 2 aliphatic rings. The lowest BCUT2D eigenvalue weighted by Gasteiger charge is -2.36. The molecular weight excluding hydrogens is 409 g/mol. The van der Waals surface area contributed by atoms with Crippen LogP contribution in [0.2, 0.25) is 0 Å². The minimum atomic E-state index is -3.94. The zero-order valence-electron chi connectivity index (χ0n) is 15.6. The molecule has 0 amide bonds. The van der Waals surface area contributed by atoms with Crippen LogP contribution in [0.25, 0.3) is 0 Å². The molecule has 10 heteroatoms. The van der Waals surface area contributed by atoms with E-state index in [1.54, 1.807) is 6.92 Å². The maximum Gasteiger partial charge on any atom is 0.309 e. The van der Waals surface area contributed by atoms with Crippen LogP contribution in [0.1, 0.15) is 19.8 Å². The van der Waals surface area contributed by atoms with E-state index in [9.17, 15) is 26.0 Å². The average molecular weight is 434 g/mol. The summed E-state index contributed by atoms with van der Waals surface area (Å²) in [4.78, 5) is 13.7. The summed E-state index contributed by atoms with van der Waals surface area (Å²) in [5.74, 6) is -1.76. The van der Waals surface area contributed by atoms with Crippen LogP contribution in [-0.2, 0) is 29.2 Å². The molecule has 2 atom stereocenters. The van der Waals surface area contributed by atoms with Gasteiger partial charge in [-0.2, -0.15) is 0 Å². The molecule has 0 saturated carbocycles. The third-order valence-electron chi connectivity index (χ3n) is 5.43. The van der Waals surface area contributed by atoms with Gasteiger partial charge in [0.25, 0.3) is 0 Å². The van der Waals surface area contributed by atoms with Gasteiger partial charge in [0.1, 0.15) is 5.82 Å². The molecule has 2 aliphatic heterocycles. The first kappa shape index (κ1) is 21.2. The maximum atomic E-state index is 13.2. The van der Waals surface area contributed by atoms with Crippen LogP contribution in [0.3, 0.4) is 0 Å². The molecular formula is C18H24FNO6S2. The first-order valence-corrected chi connectivity index (χ1v) is 12.6.